The van der Waals surface area contributed by atoms with E-state index in [1.165, 1.54) is 0 Å². The summed E-state index contributed by atoms with van der Waals surface area (Å²) in [6.07, 6.45) is -2.79. The maximum absolute atomic E-state index is 12.6. The average Bonchev–Trinajstić information content (AvgIpc) is 3.14. The lowest BCUT2D eigenvalue weighted by Crippen LogP contribution is -2.37. The van der Waals surface area contributed by atoms with Crippen molar-refractivity contribution in [2.75, 3.05) is 18.9 Å². The van der Waals surface area contributed by atoms with Crippen LogP contribution in [0.1, 0.15) is 36.0 Å². The highest BCUT2D eigenvalue weighted by molar-refractivity contribution is 7.09. The van der Waals surface area contributed by atoms with E-state index >= 15 is 0 Å². The van der Waals surface area contributed by atoms with E-state index in [2.05, 4.69) is 25.9 Å². The van der Waals surface area contributed by atoms with Crippen molar-refractivity contribution in [2.45, 2.75) is 38.9 Å². The first kappa shape index (κ1) is 22.7. The Balaban J connectivity index is 1.80. The van der Waals surface area contributed by atoms with Gasteiger partial charge in [0.1, 0.15) is 0 Å². The second kappa shape index (κ2) is 10.8. The Kier molecular flexibility index (Phi) is 8.44. The Labute approximate surface area is 171 Å². The molecule has 29 heavy (non-hydrogen) atoms. The van der Waals surface area contributed by atoms with E-state index in [-0.39, 0.29) is 5.91 Å². The number of alkyl halides is 3. The Bertz CT molecular complexity index is 835. The molecule has 0 aliphatic carbocycles. The molecule has 1 aromatic heterocycles. The van der Waals surface area contributed by atoms with Crippen molar-refractivity contribution in [3.05, 3.63) is 45.9 Å². The van der Waals surface area contributed by atoms with E-state index in [9.17, 15) is 18.0 Å². The molecular formula is C19H24F3N5OS. The molecule has 1 aromatic carbocycles. The highest BCUT2D eigenvalue weighted by atomic mass is 32.1. The molecule has 10 heteroatoms. The van der Waals surface area contributed by atoms with Crippen LogP contribution in [0, 0.1) is 0 Å². The van der Waals surface area contributed by atoms with E-state index in [0.717, 1.165) is 34.4 Å². The van der Waals surface area contributed by atoms with Crippen LogP contribution in [0.25, 0.3) is 0 Å². The highest BCUT2D eigenvalue weighted by Gasteiger charge is 2.33. The quantitative estimate of drug-likeness (QED) is 0.442. The standard InChI is InChI=1S/C19H24F3N5OS/c1-3-5-16(28)26-14-7-4-6-13(10-14)11-25-18(23-2)24-9-8-17-27-15(12-29-17)19(20,21)22/h4,6-7,10,12H,3,5,8-9,11H2,1-2H3,(H,26,28)(H2,23,24,25). The average molecular weight is 427 g/mol. The van der Waals surface area contributed by atoms with Gasteiger partial charge in [-0.05, 0) is 24.1 Å². The van der Waals surface area contributed by atoms with Gasteiger partial charge < -0.3 is 16.0 Å². The Morgan fingerprint density at radius 1 is 1.28 bits per heavy atom. The minimum atomic E-state index is -4.41. The smallest absolute Gasteiger partial charge is 0.356 e. The summed E-state index contributed by atoms with van der Waals surface area (Å²) in [5.74, 6) is 0.504. The molecule has 2 aromatic rings. The van der Waals surface area contributed by atoms with Gasteiger partial charge >= 0.3 is 6.18 Å². The van der Waals surface area contributed by atoms with Gasteiger partial charge in [-0.15, -0.1) is 11.3 Å². The molecule has 2 rings (SSSR count). The van der Waals surface area contributed by atoms with Gasteiger partial charge in [0.05, 0.1) is 5.01 Å². The van der Waals surface area contributed by atoms with E-state index in [1.54, 1.807) is 7.05 Å². The Hall–Kier alpha value is -2.62. The predicted octanol–water partition coefficient (Wildman–Crippen LogP) is 3.81. The fourth-order valence-electron chi connectivity index (χ4n) is 2.46. The first-order valence-electron chi connectivity index (χ1n) is 9.16. The number of guanidine groups is 1. The number of benzene rings is 1. The number of nitrogens with zero attached hydrogens (tertiary/aromatic N) is 2. The fraction of sp³-hybridized carbons (Fsp3) is 0.421. The topological polar surface area (TPSA) is 78.4 Å². The molecule has 6 nitrogen and oxygen atoms in total. The molecule has 0 fully saturated rings. The molecule has 0 radical (unpaired) electrons. The maximum atomic E-state index is 12.6. The van der Waals surface area contributed by atoms with Crippen LogP contribution in [0.5, 0.6) is 0 Å². The van der Waals surface area contributed by atoms with Gasteiger partial charge in [-0.3, -0.25) is 9.79 Å². The summed E-state index contributed by atoms with van der Waals surface area (Å²) in [5, 5.41) is 10.5. The van der Waals surface area contributed by atoms with Gasteiger partial charge in [-0.2, -0.15) is 13.2 Å². The summed E-state index contributed by atoms with van der Waals surface area (Å²) in [5.41, 5.74) is 0.831. The second-order valence-electron chi connectivity index (χ2n) is 6.23. The Morgan fingerprint density at radius 2 is 2.07 bits per heavy atom. The van der Waals surface area contributed by atoms with E-state index in [0.29, 0.717) is 36.9 Å². The number of halogens is 3. The van der Waals surface area contributed by atoms with Gasteiger partial charge in [-0.25, -0.2) is 4.98 Å². The minimum Gasteiger partial charge on any atom is -0.356 e. The molecule has 0 bridgehead atoms. The third-order valence-electron chi connectivity index (χ3n) is 3.84. The van der Waals surface area contributed by atoms with Gasteiger partial charge in [0.25, 0.3) is 0 Å². The zero-order valence-corrected chi connectivity index (χ0v) is 17.1. The van der Waals surface area contributed by atoms with Crippen molar-refractivity contribution >= 4 is 28.9 Å². The number of hydrogen-bond donors (Lipinski definition) is 3. The lowest BCUT2D eigenvalue weighted by molar-refractivity contribution is -0.140. The van der Waals surface area contributed by atoms with Crippen LogP contribution in [-0.4, -0.2) is 30.4 Å². The van der Waals surface area contributed by atoms with Gasteiger partial charge in [-0.1, -0.05) is 19.1 Å². The van der Waals surface area contributed by atoms with Gasteiger partial charge in [0, 0.05) is 44.0 Å². The number of anilines is 1. The Morgan fingerprint density at radius 3 is 2.72 bits per heavy atom. The molecule has 1 amide bonds. The third-order valence-corrected chi connectivity index (χ3v) is 4.75. The van der Waals surface area contributed by atoms with Crippen LogP contribution in [0.15, 0.2) is 34.6 Å². The first-order chi connectivity index (χ1) is 13.8. The predicted molar refractivity (Wildman–Crippen MR) is 109 cm³/mol. The van der Waals surface area contributed by atoms with Crippen LogP contribution >= 0.6 is 11.3 Å². The molecule has 0 spiro atoms. The summed E-state index contributed by atoms with van der Waals surface area (Å²) >= 11 is 0.990. The normalized spacial score (nSPS) is 12.0. The van der Waals surface area contributed by atoms with Crippen LogP contribution < -0.4 is 16.0 Å². The van der Waals surface area contributed by atoms with Crippen molar-refractivity contribution in [2.24, 2.45) is 4.99 Å². The summed E-state index contributed by atoms with van der Waals surface area (Å²) in [7, 11) is 1.61. The molecule has 0 saturated heterocycles. The van der Waals surface area contributed by atoms with Crippen LogP contribution in [0.2, 0.25) is 0 Å². The largest absolute Gasteiger partial charge is 0.434 e. The number of hydrogen-bond acceptors (Lipinski definition) is 4. The van der Waals surface area contributed by atoms with Crippen molar-refractivity contribution in [3.8, 4) is 0 Å². The molecule has 0 unspecified atom stereocenters. The van der Waals surface area contributed by atoms with Crippen molar-refractivity contribution in [1.29, 1.82) is 0 Å². The van der Waals surface area contributed by atoms with E-state index in [4.69, 9.17) is 0 Å². The van der Waals surface area contributed by atoms with Crippen LogP contribution in [0.4, 0.5) is 18.9 Å². The summed E-state index contributed by atoms with van der Waals surface area (Å²) in [6.45, 7) is 2.83. The van der Waals surface area contributed by atoms with Gasteiger partial charge in [0.15, 0.2) is 11.7 Å². The molecule has 0 saturated carbocycles. The van der Waals surface area contributed by atoms with E-state index < -0.39 is 11.9 Å². The highest BCUT2D eigenvalue weighted by Crippen LogP contribution is 2.29. The summed E-state index contributed by atoms with van der Waals surface area (Å²) in [4.78, 5) is 19.4. The monoisotopic (exact) mass is 427 g/mol. The second-order valence-corrected chi connectivity index (χ2v) is 7.17. The lowest BCUT2D eigenvalue weighted by Gasteiger charge is -2.12. The third kappa shape index (κ3) is 7.72. The maximum Gasteiger partial charge on any atom is 0.434 e. The first-order valence-corrected chi connectivity index (χ1v) is 10.0. The zero-order chi connectivity index (χ0) is 21.3. The lowest BCUT2D eigenvalue weighted by atomic mass is 10.2. The fourth-order valence-corrected chi connectivity index (χ4v) is 3.26. The molecule has 3 N–H and O–H groups in total. The van der Waals surface area contributed by atoms with Crippen molar-refractivity contribution in [1.82, 2.24) is 15.6 Å². The summed E-state index contributed by atoms with van der Waals surface area (Å²) in [6, 6.07) is 7.48. The van der Waals surface area contributed by atoms with Crippen LogP contribution in [0.3, 0.4) is 0 Å². The number of aromatic nitrogens is 1. The van der Waals surface area contributed by atoms with Crippen molar-refractivity contribution < 1.29 is 18.0 Å². The number of carbonyl (C=O) groups is 1. The van der Waals surface area contributed by atoms with Gasteiger partial charge in [0.2, 0.25) is 5.91 Å². The SMILES string of the molecule is CCCC(=O)Nc1cccc(CNC(=NC)NCCc2nc(C(F)(F)F)cs2)c1. The molecular weight excluding hydrogens is 403 g/mol. The molecule has 0 aliphatic heterocycles. The zero-order valence-electron chi connectivity index (χ0n) is 16.3. The number of carbonyl (C=O) groups excluding carboxylic acids is 1. The molecule has 1 heterocycles. The number of rotatable bonds is 8. The molecule has 0 aliphatic rings. The molecule has 0 atom stereocenters. The number of amides is 1. The molecule has 158 valence electrons. The number of thiazole rings is 1. The minimum absolute atomic E-state index is 0.0223. The van der Waals surface area contributed by atoms with Crippen LogP contribution in [-0.2, 0) is 23.9 Å². The van der Waals surface area contributed by atoms with E-state index in [1.807, 2.05) is 31.2 Å². The van der Waals surface area contributed by atoms with Crippen molar-refractivity contribution in [3.63, 3.8) is 0 Å². The number of nitrogens with one attached hydrogen (secondary N) is 3. The summed E-state index contributed by atoms with van der Waals surface area (Å²) < 4.78 is 37.7. The number of aliphatic imine (C=N–C) groups is 1.